The van der Waals surface area contributed by atoms with E-state index >= 15 is 0 Å². The first-order valence-corrected chi connectivity index (χ1v) is 17.4. The highest BCUT2D eigenvalue weighted by Gasteiger charge is 2.24. The normalized spacial score (nSPS) is 12.7. The number of H-pyrrole nitrogens is 2. The predicted octanol–water partition coefficient (Wildman–Crippen LogP) is 4.85. The lowest BCUT2D eigenvalue weighted by molar-refractivity contribution is 0.0908. The van der Waals surface area contributed by atoms with E-state index in [1.54, 1.807) is 18.2 Å². The number of hydrogen-bond donors (Lipinski definition) is 6. The van der Waals surface area contributed by atoms with Crippen LogP contribution in [0.5, 0.6) is 11.5 Å². The molecule has 0 radical (unpaired) electrons. The van der Waals surface area contributed by atoms with Gasteiger partial charge in [-0.1, -0.05) is 26.0 Å². The summed E-state index contributed by atoms with van der Waals surface area (Å²) in [5.74, 6) is 0.644. The first-order valence-electron chi connectivity index (χ1n) is 17.4. The molecule has 4 heterocycles. The SMILES string of the molecule is CC(C)c1cc(-c2n[nH]c(=O)n2-c2ccc3c(ccn3CCOCCNC(=O)c3ccc(CCc4c[nH]c5c4C(=O)CC(N)=N5)cc3)c2)c(O)cc1O. The van der Waals surface area contributed by atoms with Crippen molar-refractivity contribution in [3.05, 3.63) is 111 Å². The number of nitrogens with one attached hydrogen (secondary N) is 3. The summed E-state index contributed by atoms with van der Waals surface area (Å²) >= 11 is 0. The number of phenolic OH excluding ortho intramolecular Hbond substituents is 2. The molecule has 7 N–H and O–H groups in total. The minimum atomic E-state index is -0.459. The van der Waals surface area contributed by atoms with Gasteiger partial charge in [-0.2, -0.15) is 5.10 Å². The van der Waals surface area contributed by atoms with Crippen molar-refractivity contribution in [2.24, 2.45) is 10.7 Å². The average Bonchev–Trinajstić information content (AvgIpc) is 3.85. The zero-order valence-electron chi connectivity index (χ0n) is 29.3. The molecule has 0 bridgehead atoms. The third kappa shape index (κ3) is 7.21. The molecule has 1 aliphatic rings. The molecule has 6 aromatic rings. The van der Waals surface area contributed by atoms with Gasteiger partial charge in [0.05, 0.1) is 36.4 Å². The number of ketones is 1. The highest BCUT2D eigenvalue weighted by Crippen LogP contribution is 2.37. The number of Topliss-reactive ketones (excluding diaryl/α,β-unsaturated/α-hetero) is 1. The summed E-state index contributed by atoms with van der Waals surface area (Å²) in [5.41, 5.74) is 10.9. The van der Waals surface area contributed by atoms with Gasteiger partial charge in [0.1, 0.15) is 23.2 Å². The van der Waals surface area contributed by atoms with Crippen LogP contribution in [-0.2, 0) is 24.1 Å². The Bertz CT molecular complexity index is 2410. The van der Waals surface area contributed by atoms with Crippen LogP contribution in [0.15, 0.2) is 82.8 Å². The van der Waals surface area contributed by atoms with Gasteiger partial charge >= 0.3 is 5.69 Å². The molecule has 1 aliphatic heterocycles. The highest BCUT2D eigenvalue weighted by atomic mass is 16.5. The molecular formula is C39H40N8O6. The van der Waals surface area contributed by atoms with Crippen molar-refractivity contribution in [2.45, 2.75) is 45.6 Å². The molecule has 0 atom stereocenters. The van der Waals surface area contributed by atoms with Crippen molar-refractivity contribution in [1.29, 1.82) is 0 Å². The van der Waals surface area contributed by atoms with Crippen LogP contribution in [0.4, 0.5) is 5.82 Å². The van der Waals surface area contributed by atoms with Crippen LogP contribution < -0.4 is 16.7 Å². The Hall–Kier alpha value is -6.41. The Kier molecular flexibility index (Phi) is 9.70. The lowest BCUT2D eigenvalue weighted by Gasteiger charge is -2.13. The van der Waals surface area contributed by atoms with Crippen LogP contribution in [0.1, 0.15) is 63.6 Å². The standard InChI is InChI=1S/C39H40N8O6/c1-22(2)28-18-29(32(49)19-31(28)48)37-44-45-39(52)47(37)27-9-10-30-25(17-27)11-13-46(30)14-16-53-15-12-41-38(51)24-6-3-23(4-7-24)5-8-26-21-42-36-35(26)33(50)20-34(40)43-36/h3-4,6-7,9-11,13,17-19,21-22,42,48-49H,5,8,12,14-16,20H2,1-2H3,(H2,40,43)(H,41,51)(H,45,52). The number of amides is 1. The van der Waals surface area contributed by atoms with Crippen molar-refractivity contribution in [3.8, 4) is 28.6 Å². The van der Waals surface area contributed by atoms with E-state index in [0.717, 1.165) is 22.0 Å². The van der Waals surface area contributed by atoms with Crippen LogP contribution in [0, 0.1) is 0 Å². The molecule has 0 saturated heterocycles. The van der Waals surface area contributed by atoms with Crippen molar-refractivity contribution >= 4 is 34.2 Å². The fourth-order valence-electron chi connectivity index (χ4n) is 6.66. The van der Waals surface area contributed by atoms with Crippen LogP contribution in [0.3, 0.4) is 0 Å². The lowest BCUT2D eigenvalue weighted by Crippen LogP contribution is -2.27. The number of aromatic amines is 2. The molecule has 3 aromatic heterocycles. The monoisotopic (exact) mass is 716 g/mol. The van der Waals surface area contributed by atoms with Gasteiger partial charge in [0.15, 0.2) is 11.6 Å². The molecule has 7 rings (SSSR count). The molecule has 0 aliphatic carbocycles. The van der Waals surface area contributed by atoms with Crippen molar-refractivity contribution in [3.63, 3.8) is 0 Å². The third-order valence-corrected chi connectivity index (χ3v) is 9.42. The number of phenols is 2. The predicted molar refractivity (Wildman–Crippen MR) is 201 cm³/mol. The second kappa shape index (κ2) is 14.7. The first-order chi connectivity index (χ1) is 25.6. The number of rotatable bonds is 13. The summed E-state index contributed by atoms with van der Waals surface area (Å²) < 4.78 is 9.26. The maximum Gasteiger partial charge on any atom is 0.348 e. The zero-order chi connectivity index (χ0) is 37.2. The number of ether oxygens (including phenoxy) is 1. The van der Waals surface area contributed by atoms with Gasteiger partial charge in [-0.05, 0) is 77.9 Å². The molecule has 53 heavy (non-hydrogen) atoms. The molecule has 0 spiro atoms. The van der Waals surface area contributed by atoms with E-state index in [9.17, 15) is 24.6 Å². The summed E-state index contributed by atoms with van der Waals surface area (Å²) in [7, 11) is 0. The molecular weight excluding hydrogens is 676 g/mol. The van der Waals surface area contributed by atoms with E-state index in [2.05, 4.69) is 25.5 Å². The average molecular weight is 717 g/mol. The fourth-order valence-corrected chi connectivity index (χ4v) is 6.66. The molecule has 0 saturated carbocycles. The van der Waals surface area contributed by atoms with Gasteiger partial charge in [0, 0.05) is 48.0 Å². The minimum absolute atomic E-state index is 0.0113. The van der Waals surface area contributed by atoms with Crippen molar-refractivity contribution in [1.82, 2.24) is 29.6 Å². The lowest BCUT2D eigenvalue weighted by atomic mass is 9.98. The van der Waals surface area contributed by atoms with Crippen LogP contribution in [-0.4, -0.2) is 71.8 Å². The minimum Gasteiger partial charge on any atom is -0.508 e. The number of aryl methyl sites for hydroxylation is 2. The molecule has 14 heteroatoms. The molecule has 14 nitrogen and oxygen atoms in total. The highest BCUT2D eigenvalue weighted by molar-refractivity contribution is 6.15. The summed E-state index contributed by atoms with van der Waals surface area (Å²) in [4.78, 5) is 45.3. The van der Waals surface area contributed by atoms with Gasteiger partial charge in [-0.25, -0.2) is 19.5 Å². The number of benzene rings is 3. The summed E-state index contributed by atoms with van der Waals surface area (Å²) in [5, 5.41) is 31.4. The molecule has 272 valence electrons. The van der Waals surface area contributed by atoms with Crippen LogP contribution >= 0.6 is 0 Å². The number of fused-ring (bicyclic) bond motifs is 2. The number of aromatic nitrogens is 5. The third-order valence-electron chi connectivity index (χ3n) is 9.42. The number of carbonyl (C=O) groups is 2. The molecule has 0 fully saturated rings. The van der Waals surface area contributed by atoms with E-state index in [4.69, 9.17) is 10.5 Å². The quantitative estimate of drug-likeness (QED) is 0.0909. The second-order valence-corrected chi connectivity index (χ2v) is 13.3. The Labute approximate surface area is 304 Å². The van der Waals surface area contributed by atoms with Crippen LogP contribution in [0.2, 0.25) is 0 Å². The summed E-state index contributed by atoms with van der Waals surface area (Å²) in [6.45, 7) is 5.56. The largest absolute Gasteiger partial charge is 0.508 e. The second-order valence-electron chi connectivity index (χ2n) is 13.3. The Balaban J connectivity index is 0.894. The Morgan fingerprint density at radius 2 is 1.83 bits per heavy atom. The maximum atomic E-state index is 12.9. The molecule has 0 unspecified atom stereocenters. The Morgan fingerprint density at radius 1 is 1.02 bits per heavy atom. The number of aliphatic imine (C=N–C) groups is 1. The molecule has 1 amide bonds. The van der Waals surface area contributed by atoms with E-state index in [1.807, 2.05) is 67.2 Å². The number of hydrogen-bond acceptors (Lipinski definition) is 9. The van der Waals surface area contributed by atoms with Crippen molar-refractivity contribution in [2.75, 3.05) is 19.8 Å². The Morgan fingerprint density at radius 3 is 2.62 bits per heavy atom. The number of nitrogens with two attached hydrogens (primary N) is 1. The van der Waals surface area contributed by atoms with Crippen LogP contribution in [0.25, 0.3) is 28.0 Å². The van der Waals surface area contributed by atoms with Gasteiger partial charge in [-0.3, -0.25) is 9.59 Å². The summed E-state index contributed by atoms with van der Waals surface area (Å²) in [6, 6.07) is 17.9. The van der Waals surface area contributed by atoms with E-state index in [1.165, 1.54) is 10.6 Å². The smallest absolute Gasteiger partial charge is 0.348 e. The van der Waals surface area contributed by atoms with E-state index in [0.29, 0.717) is 78.7 Å². The topological polar surface area (TPSA) is 206 Å². The number of amidine groups is 1. The van der Waals surface area contributed by atoms with Gasteiger partial charge in [-0.15, -0.1) is 0 Å². The van der Waals surface area contributed by atoms with Gasteiger partial charge < -0.3 is 35.6 Å². The molecule has 3 aromatic carbocycles. The fraction of sp³-hybridized carbons (Fsp3) is 0.256. The summed E-state index contributed by atoms with van der Waals surface area (Å²) in [6.07, 6.45) is 5.26. The first kappa shape index (κ1) is 35.0. The van der Waals surface area contributed by atoms with Gasteiger partial charge in [0.25, 0.3) is 5.91 Å². The zero-order valence-corrected chi connectivity index (χ0v) is 29.3. The van der Waals surface area contributed by atoms with E-state index in [-0.39, 0.29) is 41.4 Å². The van der Waals surface area contributed by atoms with Crippen molar-refractivity contribution < 1.29 is 24.5 Å². The van der Waals surface area contributed by atoms with Gasteiger partial charge in [0.2, 0.25) is 0 Å². The number of carbonyl (C=O) groups excluding carboxylic acids is 2. The number of nitrogens with zero attached hydrogens (tertiary/aromatic N) is 4. The maximum absolute atomic E-state index is 12.9. The van der Waals surface area contributed by atoms with E-state index < -0.39 is 5.69 Å². The number of aromatic hydroxyl groups is 2.